The molecule has 56 heavy (non-hydrogen) atoms. The van der Waals surface area contributed by atoms with Crippen LogP contribution < -0.4 is 10.6 Å². The molecule has 6 aromatic carbocycles. The summed E-state index contributed by atoms with van der Waals surface area (Å²) in [5.74, 6) is 1.48. The van der Waals surface area contributed by atoms with E-state index in [0.29, 0.717) is 12.4 Å². The third kappa shape index (κ3) is 5.32. The smallest absolute Gasteiger partial charge is 0.159 e. The predicted molar refractivity (Wildman–Crippen MR) is 230 cm³/mol. The van der Waals surface area contributed by atoms with Gasteiger partial charge < -0.3 is 19.8 Å². The van der Waals surface area contributed by atoms with Crippen molar-refractivity contribution in [1.82, 2.24) is 24.8 Å². The summed E-state index contributed by atoms with van der Waals surface area (Å²) in [5.41, 5.74) is 12.3. The third-order valence-corrected chi connectivity index (χ3v) is 10.9. The molecule has 0 saturated heterocycles. The summed E-state index contributed by atoms with van der Waals surface area (Å²) in [6.07, 6.45) is 9.37. The number of fused-ring (bicyclic) bond motifs is 6. The van der Waals surface area contributed by atoms with Crippen molar-refractivity contribution in [2.45, 2.75) is 6.17 Å². The Hall–Kier alpha value is -7.51. The van der Waals surface area contributed by atoms with Crippen LogP contribution in [-0.2, 0) is 0 Å². The summed E-state index contributed by atoms with van der Waals surface area (Å²) in [5, 5.41) is 11.8. The number of hydrogen-bond donors (Lipinski definition) is 2. The Balaban J connectivity index is 1.03. The number of nitrogens with zero attached hydrogens (tertiary/aromatic N) is 5. The molecule has 0 spiro atoms. The van der Waals surface area contributed by atoms with E-state index in [0.717, 1.165) is 44.9 Å². The molecule has 5 heterocycles. The van der Waals surface area contributed by atoms with Gasteiger partial charge in [0.2, 0.25) is 0 Å². The molecule has 2 aliphatic heterocycles. The van der Waals surface area contributed by atoms with Crippen molar-refractivity contribution in [2.75, 3.05) is 6.54 Å². The lowest BCUT2D eigenvalue weighted by Gasteiger charge is -2.25. The molecule has 0 bridgehead atoms. The average Bonchev–Trinajstić information content (AvgIpc) is 3.79. The van der Waals surface area contributed by atoms with Gasteiger partial charge in [0.1, 0.15) is 12.0 Å². The number of amidine groups is 2. The van der Waals surface area contributed by atoms with Crippen molar-refractivity contribution in [3.8, 4) is 22.5 Å². The first kappa shape index (κ1) is 32.0. The van der Waals surface area contributed by atoms with Crippen LogP contribution in [-0.4, -0.2) is 32.3 Å². The number of aromatic nitrogens is 3. The van der Waals surface area contributed by atoms with Gasteiger partial charge in [0.15, 0.2) is 5.84 Å². The van der Waals surface area contributed by atoms with E-state index < -0.39 is 0 Å². The van der Waals surface area contributed by atoms with Crippen LogP contribution in [0.1, 0.15) is 17.3 Å². The lowest BCUT2D eigenvalue weighted by atomic mass is 10.0. The monoisotopic (exact) mass is 721 g/mol. The fourth-order valence-electron chi connectivity index (χ4n) is 8.30. The molecule has 2 N–H and O–H groups in total. The molecule has 266 valence electrons. The van der Waals surface area contributed by atoms with E-state index in [1.54, 1.807) is 6.20 Å². The SMILES string of the molecule is C1=CNCC(C2=NC(c3cccc(-n4c5ccccc5c5cc(-c6ccc7c(c6)c6ccccc6n7-c6ccccc6)ccc54)c3)=NC(c3cccnc3)N2)=C1. The summed E-state index contributed by atoms with van der Waals surface area (Å²) >= 11 is 0. The highest BCUT2D eigenvalue weighted by atomic mass is 15.2. The number of allylic oxidation sites excluding steroid dienone is 2. The van der Waals surface area contributed by atoms with Gasteiger partial charge in [-0.25, -0.2) is 9.98 Å². The van der Waals surface area contributed by atoms with Gasteiger partial charge in [0.25, 0.3) is 0 Å². The van der Waals surface area contributed by atoms with E-state index in [2.05, 4.69) is 170 Å². The zero-order valence-corrected chi connectivity index (χ0v) is 30.3. The van der Waals surface area contributed by atoms with Crippen LogP contribution in [0.4, 0.5) is 0 Å². The van der Waals surface area contributed by atoms with Gasteiger partial charge in [-0.2, -0.15) is 0 Å². The van der Waals surface area contributed by atoms with Gasteiger partial charge in [0, 0.05) is 68.6 Å². The topological polar surface area (TPSA) is 71.5 Å². The van der Waals surface area contributed by atoms with E-state index >= 15 is 0 Å². The summed E-state index contributed by atoms with van der Waals surface area (Å²) in [6.45, 7) is 0.684. The predicted octanol–water partition coefficient (Wildman–Crippen LogP) is 10.4. The Morgan fingerprint density at radius 1 is 0.554 bits per heavy atom. The Bertz CT molecular complexity index is 3110. The van der Waals surface area contributed by atoms with Gasteiger partial charge in [-0.1, -0.05) is 91.0 Å². The van der Waals surface area contributed by atoms with Crippen LogP contribution >= 0.6 is 0 Å². The summed E-state index contributed by atoms with van der Waals surface area (Å²) < 4.78 is 4.72. The molecule has 2 aliphatic rings. The van der Waals surface area contributed by atoms with E-state index in [1.807, 2.05) is 30.6 Å². The molecule has 7 heteroatoms. The zero-order valence-electron chi connectivity index (χ0n) is 30.3. The minimum Gasteiger partial charge on any atom is -0.387 e. The molecule has 9 aromatic rings. The van der Waals surface area contributed by atoms with Crippen molar-refractivity contribution in [1.29, 1.82) is 0 Å². The first-order valence-electron chi connectivity index (χ1n) is 18.9. The molecule has 1 unspecified atom stereocenters. The second-order valence-corrected chi connectivity index (χ2v) is 14.2. The van der Waals surface area contributed by atoms with E-state index in [9.17, 15) is 0 Å². The number of rotatable bonds is 6. The number of hydrogen-bond acceptors (Lipinski definition) is 5. The Morgan fingerprint density at radius 2 is 1.21 bits per heavy atom. The van der Waals surface area contributed by atoms with Crippen LogP contribution in [0.5, 0.6) is 0 Å². The van der Waals surface area contributed by atoms with Crippen LogP contribution in [0.15, 0.2) is 198 Å². The fourth-order valence-corrected chi connectivity index (χ4v) is 8.30. The van der Waals surface area contributed by atoms with Gasteiger partial charge >= 0.3 is 0 Å². The second-order valence-electron chi connectivity index (χ2n) is 14.2. The van der Waals surface area contributed by atoms with Crippen molar-refractivity contribution >= 4 is 55.3 Å². The fraction of sp³-hybridized carbons (Fsp3) is 0.0408. The van der Waals surface area contributed by atoms with Gasteiger partial charge in [-0.05, 0) is 90.1 Å². The molecule has 0 amide bonds. The zero-order chi connectivity index (χ0) is 37.0. The molecule has 0 radical (unpaired) electrons. The number of pyridine rings is 1. The maximum atomic E-state index is 5.12. The minimum atomic E-state index is -0.317. The molecule has 7 nitrogen and oxygen atoms in total. The second kappa shape index (κ2) is 13.1. The standard InChI is InChI=1S/C49H35N7/c1-2-14-37(15-3-1)55-43-19-6-4-17-39(43)41-28-32(21-23-45(41)55)33-22-24-46-42(29-33)40-18-5-7-20-44(40)56(46)38-16-8-11-34(27-38)47-52-48(35-12-9-25-50-30-35)54-49(53-47)36-13-10-26-51-31-36/h1-30,48,51H,31H2,(H,52,53,54). The number of benzene rings is 6. The maximum Gasteiger partial charge on any atom is 0.159 e. The van der Waals surface area contributed by atoms with Gasteiger partial charge in [-0.15, -0.1) is 0 Å². The maximum absolute atomic E-state index is 5.12. The normalized spacial score (nSPS) is 15.4. The van der Waals surface area contributed by atoms with Gasteiger partial charge in [0.05, 0.1) is 22.1 Å². The molecule has 3 aromatic heterocycles. The van der Waals surface area contributed by atoms with Gasteiger partial charge in [-0.3, -0.25) is 4.98 Å². The van der Waals surface area contributed by atoms with Crippen LogP contribution in [0.25, 0.3) is 66.1 Å². The lowest BCUT2D eigenvalue weighted by molar-refractivity contribution is 0.668. The summed E-state index contributed by atoms with van der Waals surface area (Å²) in [6, 6.07) is 54.3. The number of para-hydroxylation sites is 3. The molecular weight excluding hydrogens is 687 g/mol. The van der Waals surface area contributed by atoms with Crippen molar-refractivity contribution in [3.63, 3.8) is 0 Å². The quantitative estimate of drug-likeness (QED) is 0.180. The highest BCUT2D eigenvalue weighted by Crippen LogP contribution is 2.38. The lowest BCUT2D eigenvalue weighted by Crippen LogP contribution is -2.36. The number of nitrogens with one attached hydrogen (secondary N) is 2. The molecule has 0 aliphatic carbocycles. The highest BCUT2D eigenvalue weighted by molar-refractivity contribution is 6.15. The van der Waals surface area contributed by atoms with E-state index in [4.69, 9.17) is 9.98 Å². The first-order chi connectivity index (χ1) is 27.8. The molecular formula is C49H35N7. The number of aliphatic imine (C=N–C) groups is 2. The van der Waals surface area contributed by atoms with E-state index in [1.165, 1.54) is 43.7 Å². The largest absolute Gasteiger partial charge is 0.387 e. The molecule has 11 rings (SSSR count). The summed E-state index contributed by atoms with van der Waals surface area (Å²) in [7, 11) is 0. The third-order valence-electron chi connectivity index (χ3n) is 10.9. The number of dihydropyridines is 1. The van der Waals surface area contributed by atoms with Crippen LogP contribution in [0.3, 0.4) is 0 Å². The van der Waals surface area contributed by atoms with Crippen LogP contribution in [0, 0.1) is 0 Å². The van der Waals surface area contributed by atoms with Crippen molar-refractivity contribution in [3.05, 3.63) is 199 Å². The Labute approximate surface area is 323 Å². The van der Waals surface area contributed by atoms with Crippen LogP contribution in [0.2, 0.25) is 0 Å². The minimum absolute atomic E-state index is 0.317. The average molecular weight is 722 g/mol. The Kier molecular flexibility index (Phi) is 7.48. The first-order valence-corrected chi connectivity index (χ1v) is 18.9. The summed E-state index contributed by atoms with van der Waals surface area (Å²) in [4.78, 5) is 14.6. The Morgan fingerprint density at radius 3 is 1.89 bits per heavy atom. The highest BCUT2D eigenvalue weighted by Gasteiger charge is 2.23. The van der Waals surface area contributed by atoms with Crippen molar-refractivity contribution in [2.24, 2.45) is 9.98 Å². The molecule has 0 saturated carbocycles. The van der Waals surface area contributed by atoms with Crippen molar-refractivity contribution < 1.29 is 0 Å². The molecule has 0 fully saturated rings. The van der Waals surface area contributed by atoms with E-state index in [-0.39, 0.29) is 6.17 Å². The molecule has 1 atom stereocenters.